The Balaban J connectivity index is 2.02. The van der Waals surface area contributed by atoms with Crippen LogP contribution in [0, 0.1) is 5.92 Å². The first-order valence-corrected chi connectivity index (χ1v) is 9.54. The third kappa shape index (κ3) is 3.96. The van der Waals surface area contributed by atoms with Crippen LogP contribution in [0.5, 0.6) is 0 Å². The van der Waals surface area contributed by atoms with Crippen LogP contribution >= 0.6 is 0 Å². The molecule has 1 amide bonds. The molecule has 2 rings (SSSR count). The van der Waals surface area contributed by atoms with Crippen molar-refractivity contribution in [2.75, 3.05) is 26.4 Å². The second-order valence-corrected chi connectivity index (χ2v) is 8.42. The molecule has 2 aliphatic rings. The van der Waals surface area contributed by atoms with E-state index < -0.39 is 10.0 Å². The summed E-state index contributed by atoms with van der Waals surface area (Å²) < 4.78 is 23.9. The molecule has 3 atom stereocenters. The van der Waals surface area contributed by atoms with Crippen LogP contribution in [0.2, 0.25) is 0 Å². The molecule has 1 saturated heterocycles. The zero-order valence-electron chi connectivity index (χ0n) is 12.9. The Morgan fingerprint density at radius 2 is 1.90 bits per heavy atom. The molecule has 21 heavy (non-hydrogen) atoms. The molecule has 6 nitrogen and oxygen atoms in total. The Morgan fingerprint density at radius 1 is 1.24 bits per heavy atom. The van der Waals surface area contributed by atoms with E-state index >= 15 is 0 Å². The fraction of sp³-hybridized carbons (Fsp3) is 0.929. The van der Waals surface area contributed by atoms with Gasteiger partial charge in [0.1, 0.15) is 0 Å². The smallest absolute Gasteiger partial charge is 0.238 e. The van der Waals surface area contributed by atoms with Crippen molar-refractivity contribution >= 4 is 15.9 Å². The van der Waals surface area contributed by atoms with Gasteiger partial charge in [0.05, 0.1) is 18.9 Å². The van der Waals surface area contributed by atoms with Gasteiger partial charge in [0.15, 0.2) is 0 Å². The van der Waals surface area contributed by atoms with Crippen molar-refractivity contribution in [3.63, 3.8) is 0 Å². The van der Waals surface area contributed by atoms with Gasteiger partial charge in [0.25, 0.3) is 0 Å². The molecular formula is C14H26N2O4S. The van der Waals surface area contributed by atoms with Gasteiger partial charge in [-0.05, 0) is 25.7 Å². The third-order valence-corrected chi connectivity index (χ3v) is 6.08. The van der Waals surface area contributed by atoms with E-state index in [4.69, 9.17) is 0 Å². The van der Waals surface area contributed by atoms with Gasteiger partial charge in [0.2, 0.25) is 15.9 Å². The first-order chi connectivity index (χ1) is 9.80. The zero-order chi connectivity index (χ0) is 15.6. The van der Waals surface area contributed by atoms with Gasteiger partial charge < -0.3 is 10.0 Å². The number of amides is 1. The number of nitrogens with zero attached hydrogens (tertiary/aromatic N) is 2. The number of aliphatic hydroxyl groups is 1. The van der Waals surface area contributed by atoms with Gasteiger partial charge in [-0.2, -0.15) is 4.31 Å². The molecule has 0 bridgehead atoms. The average molecular weight is 318 g/mol. The highest BCUT2D eigenvalue weighted by Gasteiger charge is 2.39. The van der Waals surface area contributed by atoms with Gasteiger partial charge in [-0.1, -0.05) is 12.8 Å². The molecule has 0 spiro atoms. The zero-order valence-corrected chi connectivity index (χ0v) is 13.7. The van der Waals surface area contributed by atoms with Gasteiger partial charge in [-0.15, -0.1) is 0 Å². The normalized spacial score (nSPS) is 30.9. The SMILES string of the molecule is CN(CC(=O)N1CCC[C@@H]1[C@H]1CCCC[C@@H]1O)S(C)(=O)=O. The highest BCUT2D eigenvalue weighted by atomic mass is 32.2. The summed E-state index contributed by atoms with van der Waals surface area (Å²) in [4.78, 5) is 14.2. The van der Waals surface area contributed by atoms with Crippen molar-refractivity contribution in [3.05, 3.63) is 0 Å². The molecule has 1 saturated carbocycles. The molecule has 1 aliphatic heterocycles. The average Bonchev–Trinajstić information content (AvgIpc) is 2.87. The second kappa shape index (κ2) is 6.62. The van der Waals surface area contributed by atoms with E-state index in [1.54, 1.807) is 4.90 Å². The van der Waals surface area contributed by atoms with Crippen LogP contribution in [-0.4, -0.2) is 67.2 Å². The number of likely N-dealkylation sites (tertiary alicyclic amines) is 1. The van der Waals surface area contributed by atoms with E-state index in [2.05, 4.69) is 0 Å². The number of aliphatic hydroxyl groups excluding tert-OH is 1. The Kier molecular flexibility index (Phi) is 5.27. The summed E-state index contributed by atoms with van der Waals surface area (Å²) in [6, 6.07) is 0.0701. The summed E-state index contributed by atoms with van der Waals surface area (Å²) in [5.41, 5.74) is 0. The number of hydrogen-bond donors (Lipinski definition) is 1. The lowest BCUT2D eigenvalue weighted by molar-refractivity contribution is -0.134. The fourth-order valence-corrected chi connectivity index (χ4v) is 3.88. The molecule has 0 unspecified atom stereocenters. The number of rotatable bonds is 4. The van der Waals surface area contributed by atoms with Gasteiger partial charge in [-0.3, -0.25) is 4.79 Å². The highest BCUT2D eigenvalue weighted by molar-refractivity contribution is 7.88. The Hall–Kier alpha value is -0.660. The van der Waals surface area contributed by atoms with Crippen molar-refractivity contribution in [2.24, 2.45) is 5.92 Å². The fourth-order valence-electron chi connectivity index (χ4n) is 3.53. The van der Waals surface area contributed by atoms with Crippen LogP contribution in [0.1, 0.15) is 38.5 Å². The Labute approximate surface area is 127 Å². The number of sulfonamides is 1. The van der Waals surface area contributed by atoms with Crippen LogP contribution in [0.4, 0.5) is 0 Å². The quantitative estimate of drug-likeness (QED) is 0.815. The van der Waals surface area contributed by atoms with E-state index in [-0.39, 0.29) is 30.5 Å². The first kappa shape index (κ1) is 16.7. The van der Waals surface area contributed by atoms with Crippen molar-refractivity contribution < 1.29 is 18.3 Å². The predicted molar refractivity (Wildman–Crippen MR) is 80.2 cm³/mol. The molecule has 1 aliphatic carbocycles. The number of likely N-dealkylation sites (N-methyl/N-ethyl adjacent to an activating group) is 1. The lowest BCUT2D eigenvalue weighted by Gasteiger charge is -2.37. The van der Waals surface area contributed by atoms with E-state index in [1.807, 2.05) is 0 Å². The van der Waals surface area contributed by atoms with Crippen LogP contribution in [0.25, 0.3) is 0 Å². The van der Waals surface area contributed by atoms with E-state index in [0.29, 0.717) is 6.54 Å². The van der Waals surface area contributed by atoms with E-state index in [9.17, 15) is 18.3 Å². The molecule has 7 heteroatoms. The van der Waals surface area contributed by atoms with Gasteiger partial charge in [0, 0.05) is 25.6 Å². The molecule has 0 aromatic rings. The number of carbonyl (C=O) groups excluding carboxylic acids is 1. The number of hydrogen-bond acceptors (Lipinski definition) is 4. The van der Waals surface area contributed by atoms with E-state index in [1.165, 1.54) is 7.05 Å². The molecule has 1 heterocycles. The highest BCUT2D eigenvalue weighted by Crippen LogP contribution is 2.34. The lowest BCUT2D eigenvalue weighted by atomic mass is 9.80. The first-order valence-electron chi connectivity index (χ1n) is 7.69. The van der Waals surface area contributed by atoms with Gasteiger partial charge >= 0.3 is 0 Å². The minimum atomic E-state index is -3.34. The van der Waals surface area contributed by atoms with Crippen molar-refractivity contribution in [3.8, 4) is 0 Å². The van der Waals surface area contributed by atoms with Crippen molar-refractivity contribution in [1.82, 2.24) is 9.21 Å². The topological polar surface area (TPSA) is 77.9 Å². The van der Waals surface area contributed by atoms with Crippen molar-refractivity contribution in [2.45, 2.75) is 50.7 Å². The van der Waals surface area contributed by atoms with Crippen molar-refractivity contribution in [1.29, 1.82) is 0 Å². The Morgan fingerprint density at radius 3 is 2.52 bits per heavy atom. The summed E-state index contributed by atoms with van der Waals surface area (Å²) in [6.07, 6.45) is 6.54. The maximum Gasteiger partial charge on any atom is 0.238 e. The summed E-state index contributed by atoms with van der Waals surface area (Å²) in [5.74, 6) is -0.00283. The third-order valence-electron chi connectivity index (χ3n) is 4.82. The maximum atomic E-state index is 12.4. The summed E-state index contributed by atoms with van der Waals surface area (Å²) >= 11 is 0. The molecular weight excluding hydrogens is 292 g/mol. The molecule has 1 N–H and O–H groups in total. The second-order valence-electron chi connectivity index (χ2n) is 6.33. The molecule has 2 fully saturated rings. The van der Waals surface area contributed by atoms with Crippen LogP contribution < -0.4 is 0 Å². The summed E-state index contributed by atoms with van der Waals surface area (Å²) in [7, 11) is -1.92. The number of carbonyl (C=O) groups is 1. The van der Waals surface area contributed by atoms with Crippen LogP contribution in [-0.2, 0) is 14.8 Å². The van der Waals surface area contributed by atoms with Crippen LogP contribution in [0.15, 0.2) is 0 Å². The predicted octanol–water partition coefficient (Wildman–Crippen LogP) is 0.420. The molecule has 0 radical (unpaired) electrons. The minimum absolute atomic E-state index is 0.0701. The monoisotopic (exact) mass is 318 g/mol. The molecule has 122 valence electrons. The summed E-state index contributed by atoms with van der Waals surface area (Å²) in [6.45, 7) is 0.558. The van der Waals surface area contributed by atoms with E-state index in [0.717, 1.165) is 49.1 Å². The molecule has 0 aromatic carbocycles. The largest absolute Gasteiger partial charge is 0.393 e. The minimum Gasteiger partial charge on any atom is -0.393 e. The van der Waals surface area contributed by atoms with Crippen LogP contribution in [0.3, 0.4) is 0 Å². The standard InChI is InChI=1S/C14H26N2O4S/c1-15(21(2,19)20)10-14(18)16-9-5-7-12(16)11-6-3-4-8-13(11)17/h11-13,17H,3-10H2,1-2H3/t11-,12-,13+/m1/s1. The lowest BCUT2D eigenvalue weighted by Crippen LogP contribution is -2.48. The van der Waals surface area contributed by atoms with Gasteiger partial charge in [-0.25, -0.2) is 8.42 Å². The summed E-state index contributed by atoms with van der Waals surface area (Å²) in [5, 5.41) is 10.2. The maximum absolute atomic E-state index is 12.4. The molecule has 0 aromatic heterocycles. The Bertz CT molecular complexity index is 479.